The fourth-order valence-electron chi connectivity index (χ4n) is 3.49. The van der Waals surface area contributed by atoms with Gasteiger partial charge in [-0.25, -0.2) is 0 Å². The number of aromatic nitrogens is 4. The summed E-state index contributed by atoms with van der Waals surface area (Å²) in [5, 5.41) is 11.1. The Morgan fingerprint density at radius 2 is 1.68 bits per heavy atom. The first kappa shape index (κ1) is 17.9. The van der Waals surface area contributed by atoms with Gasteiger partial charge in [-0.2, -0.15) is 0 Å². The van der Waals surface area contributed by atoms with Crippen LogP contribution in [0.15, 0.2) is 53.3 Å². The number of nitrogens with one attached hydrogen (secondary N) is 1. The van der Waals surface area contributed by atoms with Gasteiger partial charge in [0.25, 0.3) is 5.56 Å². The van der Waals surface area contributed by atoms with Crippen molar-refractivity contribution in [2.45, 2.75) is 33.2 Å². The van der Waals surface area contributed by atoms with Crippen molar-refractivity contribution in [2.24, 2.45) is 0 Å². The number of carbonyl (C=O) groups is 1. The minimum absolute atomic E-state index is 0.0950. The summed E-state index contributed by atoms with van der Waals surface area (Å²) in [6.07, 6.45) is 1.47. The molecule has 2 aromatic carbocycles. The molecule has 0 unspecified atom stereocenters. The van der Waals surface area contributed by atoms with E-state index in [4.69, 9.17) is 0 Å². The Hall–Kier alpha value is -3.48. The lowest BCUT2D eigenvalue weighted by Gasteiger charge is -2.14. The van der Waals surface area contributed by atoms with Crippen LogP contribution in [0.2, 0.25) is 0 Å². The van der Waals surface area contributed by atoms with Crippen LogP contribution < -0.4 is 10.9 Å². The largest absolute Gasteiger partial charge is 0.324 e. The van der Waals surface area contributed by atoms with E-state index in [0.29, 0.717) is 11.9 Å². The van der Waals surface area contributed by atoms with Gasteiger partial charge < -0.3 is 5.32 Å². The third-order valence-corrected chi connectivity index (χ3v) is 4.87. The molecule has 0 bridgehead atoms. The van der Waals surface area contributed by atoms with E-state index < -0.39 is 0 Å². The first-order chi connectivity index (χ1) is 13.6. The molecule has 7 heteroatoms. The monoisotopic (exact) mass is 375 g/mol. The molecule has 0 aliphatic rings. The van der Waals surface area contributed by atoms with Gasteiger partial charge in [-0.15, -0.1) is 10.2 Å². The first-order valence-corrected chi connectivity index (χ1v) is 9.37. The van der Waals surface area contributed by atoms with Gasteiger partial charge in [-0.3, -0.25) is 18.6 Å². The molecule has 142 valence electrons. The number of fused-ring (bicyclic) bond motifs is 3. The Labute approximate surface area is 161 Å². The van der Waals surface area contributed by atoms with Crippen molar-refractivity contribution >= 4 is 28.3 Å². The zero-order chi connectivity index (χ0) is 19.7. The second-order valence-corrected chi connectivity index (χ2v) is 6.57. The Kier molecular flexibility index (Phi) is 4.65. The van der Waals surface area contributed by atoms with Crippen molar-refractivity contribution in [3.8, 4) is 0 Å². The van der Waals surface area contributed by atoms with E-state index in [1.807, 2.05) is 62.4 Å². The van der Waals surface area contributed by atoms with Crippen LogP contribution in [0.1, 0.15) is 25.2 Å². The van der Waals surface area contributed by atoms with Crippen LogP contribution in [0, 0.1) is 0 Å². The lowest BCUT2D eigenvalue weighted by Crippen LogP contribution is -2.29. The average Bonchev–Trinajstić information content (AvgIpc) is 3.16. The van der Waals surface area contributed by atoms with Crippen molar-refractivity contribution in [3.63, 3.8) is 0 Å². The zero-order valence-corrected chi connectivity index (χ0v) is 15.8. The Morgan fingerprint density at radius 1 is 0.964 bits per heavy atom. The van der Waals surface area contributed by atoms with Gasteiger partial charge >= 0.3 is 0 Å². The quantitative estimate of drug-likeness (QED) is 0.582. The summed E-state index contributed by atoms with van der Waals surface area (Å²) in [5.74, 6) is 0.463. The molecule has 0 spiro atoms. The number of hydrogen-bond acceptors (Lipinski definition) is 4. The minimum Gasteiger partial charge on any atom is -0.324 e. The van der Waals surface area contributed by atoms with Crippen molar-refractivity contribution < 1.29 is 4.79 Å². The molecule has 0 aliphatic carbocycles. The molecule has 2 heterocycles. The molecule has 4 aromatic rings. The fraction of sp³-hybridized carbons (Fsp3) is 0.238. The Bertz CT molecular complexity index is 1240. The topological polar surface area (TPSA) is 81.3 Å². The van der Waals surface area contributed by atoms with E-state index in [0.717, 1.165) is 29.0 Å². The molecule has 0 atom stereocenters. The van der Waals surface area contributed by atoms with Gasteiger partial charge in [-0.1, -0.05) is 44.2 Å². The SMILES string of the molecule is CCc1ccccc1NC(=O)Cn1c(=O)c2nnc(CC)n2c2ccccc21. The predicted molar refractivity (Wildman–Crippen MR) is 109 cm³/mol. The lowest BCUT2D eigenvalue weighted by atomic mass is 10.1. The Morgan fingerprint density at radius 3 is 2.43 bits per heavy atom. The maximum absolute atomic E-state index is 13.0. The van der Waals surface area contributed by atoms with Crippen molar-refractivity contribution in [3.05, 3.63) is 70.3 Å². The van der Waals surface area contributed by atoms with Crippen LogP contribution in [0.4, 0.5) is 5.69 Å². The molecule has 0 fully saturated rings. The highest BCUT2D eigenvalue weighted by molar-refractivity contribution is 5.92. The molecule has 7 nitrogen and oxygen atoms in total. The summed E-state index contributed by atoms with van der Waals surface area (Å²) in [5.41, 5.74) is 3.20. The van der Waals surface area contributed by atoms with Crippen LogP contribution >= 0.6 is 0 Å². The highest BCUT2D eigenvalue weighted by atomic mass is 16.2. The van der Waals surface area contributed by atoms with Gasteiger partial charge in [-0.05, 0) is 30.2 Å². The molecule has 1 N–H and O–H groups in total. The number of para-hydroxylation sites is 3. The van der Waals surface area contributed by atoms with Gasteiger partial charge in [0, 0.05) is 12.1 Å². The number of hydrogen-bond donors (Lipinski definition) is 1. The number of amides is 1. The van der Waals surface area contributed by atoms with Crippen molar-refractivity contribution in [1.29, 1.82) is 0 Å². The molecule has 0 aliphatic heterocycles. The van der Waals surface area contributed by atoms with E-state index in [9.17, 15) is 9.59 Å². The van der Waals surface area contributed by atoms with E-state index in [2.05, 4.69) is 15.5 Å². The second-order valence-electron chi connectivity index (χ2n) is 6.57. The molecule has 0 radical (unpaired) electrons. The van der Waals surface area contributed by atoms with Crippen LogP contribution in [0.5, 0.6) is 0 Å². The smallest absolute Gasteiger partial charge is 0.297 e. The standard InChI is InChI=1S/C21H21N5O2/c1-3-14-9-5-6-10-15(14)22-19(27)13-25-16-11-7-8-12-17(16)26-18(4-2)23-24-20(26)21(25)28/h5-12H,3-4,13H2,1-2H3,(H,22,27). The van der Waals surface area contributed by atoms with Gasteiger partial charge in [0.05, 0.1) is 11.0 Å². The minimum atomic E-state index is -0.329. The maximum Gasteiger partial charge on any atom is 0.297 e. The average molecular weight is 375 g/mol. The summed E-state index contributed by atoms with van der Waals surface area (Å²) in [6.45, 7) is 3.91. The normalized spacial score (nSPS) is 11.2. The Balaban J connectivity index is 1.79. The molecule has 2 aromatic heterocycles. The second kappa shape index (κ2) is 7.26. The summed E-state index contributed by atoms with van der Waals surface area (Å²) >= 11 is 0. The molecule has 28 heavy (non-hydrogen) atoms. The maximum atomic E-state index is 13.0. The highest BCUT2D eigenvalue weighted by Gasteiger charge is 2.17. The summed E-state index contributed by atoms with van der Waals surface area (Å²) < 4.78 is 3.24. The number of benzene rings is 2. The van der Waals surface area contributed by atoms with E-state index in [-0.39, 0.29) is 23.7 Å². The van der Waals surface area contributed by atoms with Crippen LogP contribution in [-0.4, -0.2) is 25.1 Å². The number of rotatable bonds is 5. The predicted octanol–water partition coefficient (Wildman–Crippen LogP) is 2.81. The van der Waals surface area contributed by atoms with E-state index in [1.165, 1.54) is 4.57 Å². The van der Waals surface area contributed by atoms with E-state index in [1.54, 1.807) is 4.40 Å². The van der Waals surface area contributed by atoms with Gasteiger partial charge in [0.15, 0.2) is 0 Å². The summed E-state index contributed by atoms with van der Waals surface area (Å²) in [6, 6.07) is 15.2. The number of nitrogens with zero attached hydrogens (tertiary/aromatic N) is 4. The molecule has 0 saturated carbocycles. The third kappa shape index (κ3) is 2.94. The summed E-state index contributed by atoms with van der Waals surface area (Å²) in [7, 11) is 0. The molecular weight excluding hydrogens is 354 g/mol. The van der Waals surface area contributed by atoms with E-state index >= 15 is 0 Å². The summed E-state index contributed by atoms with van der Waals surface area (Å²) in [4.78, 5) is 25.8. The number of anilines is 1. The molecular formula is C21H21N5O2. The highest BCUT2D eigenvalue weighted by Crippen LogP contribution is 2.17. The van der Waals surface area contributed by atoms with Gasteiger partial charge in [0.1, 0.15) is 12.4 Å². The lowest BCUT2D eigenvalue weighted by molar-refractivity contribution is -0.116. The number of carbonyl (C=O) groups excluding carboxylic acids is 1. The third-order valence-electron chi connectivity index (χ3n) is 4.87. The van der Waals surface area contributed by atoms with Crippen LogP contribution in [-0.2, 0) is 24.2 Å². The molecule has 1 amide bonds. The first-order valence-electron chi connectivity index (χ1n) is 9.37. The van der Waals surface area contributed by atoms with Crippen LogP contribution in [0.25, 0.3) is 16.7 Å². The molecule has 0 saturated heterocycles. The van der Waals surface area contributed by atoms with Crippen molar-refractivity contribution in [2.75, 3.05) is 5.32 Å². The van der Waals surface area contributed by atoms with Gasteiger partial charge in [0.2, 0.25) is 11.6 Å². The van der Waals surface area contributed by atoms with Crippen molar-refractivity contribution in [1.82, 2.24) is 19.2 Å². The van der Waals surface area contributed by atoms with Crippen LogP contribution in [0.3, 0.4) is 0 Å². The number of aryl methyl sites for hydroxylation is 2. The zero-order valence-electron chi connectivity index (χ0n) is 15.8. The fourth-order valence-corrected chi connectivity index (χ4v) is 3.49. The molecule has 4 rings (SSSR count).